The normalized spacial score (nSPS) is 10.8. The van der Waals surface area contributed by atoms with Gasteiger partial charge in [0, 0.05) is 18.3 Å². The minimum atomic E-state index is -4.83. The van der Waals surface area contributed by atoms with Crippen molar-refractivity contribution in [1.82, 2.24) is 4.90 Å². The number of carbonyl (C=O) groups excluding carboxylic acids is 3. The smallest absolute Gasteiger partial charge is 0.493 e. The molecule has 0 saturated heterocycles. The van der Waals surface area contributed by atoms with Gasteiger partial charge in [-0.3, -0.25) is 14.4 Å². The van der Waals surface area contributed by atoms with Crippen LogP contribution in [0.1, 0.15) is 10.4 Å². The van der Waals surface area contributed by atoms with Crippen LogP contribution in [0.4, 0.5) is 18.9 Å². The monoisotopic (exact) mass is 485 g/mol. The Kier molecular flexibility index (Phi) is 8.53. The summed E-state index contributed by atoms with van der Waals surface area (Å²) < 4.78 is 56.1. The first kappa shape index (κ1) is 26.1. The number of benzene rings is 2. The molecular weight excluding hydrogens is 463 g/mol. The number of nitrogens with zero attached hydrogens (tertiary/aromatic N) is 1. The van der Waals surface area contributed by atoms with Crippen LogP contribution in [-0.4, -0.2) is 63.4 Å². The summed E-state index contributed by atoms with van der Waals surface area (Å²) >= 11 is 0. The number of ether oxygens (including phenoxy) is 4. The molecule has 13 heteroatoms. The van der Waals surface area contributed by atoms with Crippen LogP contribution in [0, 0.1) is 0 Å². The summed E-state index contributed by atoms with van der Waals surface area (Å²) in [6, 6.07) is 7.21. The van der Waals surface area contributed by atoms with Crippen molar-refractivity contribution in [3.63, 3.8) is 0 Å². The average molecular weight is 485 g/mol. The molecular formula is C21H22F3N3O7. The van der Waals surface area contributed by atoms with Gasteiger partial charge in [-0.05, 0) is 36.4 Å². The molecule has 0 aliphatic carbocycles. The molecule has 2 aromatic carbocycles. The van der Waals surface area contributed by atoms with E-state index in [0.717, 1.165) is 17.0 Å². The molecule has 0 saturated carbocycles. The van der Waals surface area contributed by atoms with Gasteiger partial charge in [-0.15, -0.1) is 13.2 Å². The first-order valence-corrected chi connectivity index (χ1v) is 9.51. The summed E-state index contributed by atoms with van der Waals surface area (Å²) in [5.74, 6) is -2.06. The van der Waals surface area contributed by atoms with Gasteiger partial charge in [0.2, 0.25) is 11.7 Å². The molecule has 0 spiro atoms. The Bertz CT molecular complexity index is 1020. The number of hydrogen-bond acceptors (Lipinski definition) is 7. The predicted octanol–water partition coefficient (Wildman–Crippen LogP) is 2.18. The molecule has 0 radical (unpaired) electrons. The Labute approximate surface area is 192 Å². The molecule has 0 atom stereocenters. The highest BCUT2D eigenvalue weighted by atomic mass is 19.4. The summed E-state index contributed by atoms with van der Waals surface area (Å²) in [6.07, 6.45) is -4.83. The molecule has 0 unspecified atom stereocenters. The molecule has 0 aromatic heterocycles. The number of hydrogen-bond donors (Lipinski definition) is 2. The standard InChI is InChI=1S/C21H22F3N3O7/c1-27(10-18(29)26-13-4-6-14(7-5-13)34-21(22,23)24)20(30)12-8-15(31-2)19(16(9-12)32-3)33-11-17(25)28/h4-9H,10-11H2,1-3H3,(H2,25,28)(H,26,29). The Balaban J connectivity index is 2.08. The summed E-state index contributed by atoms with van der Waals surface area (Å²) in [4.78, 5) is 37.2. The van der Waals surface area contributed by atoms with Crippen LogP contribution < -0.4 is 30.0 Å². The van der Waals surface area contributed by atoms with Crippen molar-refractivity contribution in [2.45, 2.75) is 6.36 Å². The fraction of sp³-hybridized carbons (Fsp3) is 0.286. The van der Waals surface area contributed by atoms with Crippen LogP contribution in [0.2, 0.25) is 0 Å². The van der Waals surface area contributed by atoms with Crippen molar-refractivity contribution in [3.05, 3.63) is 42.0 Å². The topological polar surface area (TPSA) is 129 Å². The molecule has 0 aliphatic heterocycles. The first-order valence-electron chi connectivity index (χ1n) is 9.51. The molecule has 3 N–H and O–H groups in total. The van der Waals surface area contributed by atoms with Gasteiger partial charge in [-0.1, -0.05) is 0 Å². The van der Waals surface area contributed by atoms with Crippen LogP contribution in [0.25, 0.3) is 0 Å². The Morgan fingerprint density at radius 2 is 1.59 bits per heavy atom. The van der Waals surface area contributed by atoms with Crippen LogP contribution >= 0.6 is 0 Å². The van der Waals surface area contributed by atoms with E-state index in [4.69, 9.17) is 19.9 Å². The second kappa shape index (κ2) is 11.1. The van der Waals surface area contributed by atoms with Gasteiger partial charge in [-0.25, -0.2) is 0 Å². The van der Waals surface area contributed by atoms with E-state index in [-0.39, 0.29) is 35.0 Å². The van der Waals surface area contributed by atoms with E-state index in [0.29, 0.717) is 0 Å². The molecule has 2 aromatic rings. The number of anilines is 1. The summed E-state index contributed by atoms with van der Waals surface area (Å²) in [6.45, 7) is -0.812. The van der Waals surface area contributed by atoms with Crippen molar-refractivity contribution in [3.8, 4) is 23.0 Å². The van der Waals surface area contributed by atoms with Crippen molar-refractivity contribution in [1.29, 1.82) is 0 Å². The zero-order valence-corrected chi connectivity index (χ0v) is 18.4. The lowest BCUT2D eigenvalue weighted by Gasteiger charge is -2.19. The fourth-order valence-corrected chi connectivity index (χ4v) is 2.74. The van der Waals surface area contributed by atoms with Crippen molar-refractivity contribution < 1.29 is 46.5 Å². The van der Waals surface area contributed by atoms with E-state index in [1.807, 2.05) is 0 Å². The number of likely N-dealkylation sites (N-methyl/N-ethyl adjacent to an activating group) is 1. The third-order valence-corrected chi connectivity index (χ3v) is 4.17. The largest absolute Gasteiger partial charge is 0.573 e. The van der Waals surface area contributed by atoms with Crippen LogP contribution in [-0.2, 0) is 9.59 Å². The van der Waals surface area contributed by atoms with E-state index >= 15 is 0 Å². The van der Waals surface area contributed by atoms with Gasteiger partial charge < -0.3 is 34.9 Å². The minimum Gasteiger partial charge on any atom is -0.493 e. The number of rotatable bonds is 10. The predicted molar refractivity (Wildman–Crippen MR) is 113 cm³/mol. The lowest BCUT2D eigenvalue weighted by Crippen LogP contribution is -2.35. The van der Waals surface area contributed by atoms with E-state index < -0.39 is 36.4 Å². The molecule has 34 heavy (non-hydrogen) atoms. The van der Waals surface area contributed by atoms with Gasteiger partial charge in [0.15, 0.2) is 18.1 Å². The number of primary amides is 1. The van der Waals surface area contributed by atoms with Gasteiger partial charge in [0.25, 0.3) is 11.8 Å². The lowest BCUT2D eigenvalue weighted by molar-refractivity contribution is -0.274. The number of nitrogens with two attached hydrogens (primary N) is 1. The summed E-state index contributed by atoms with van der Waals surface area (Å²) in [5.41, 5.74) is 5.39. The molecule has 0 bridgehead atoms. The van der Waals surface area contributed by atoms with Gasteiger partial charge in [0.1, 0.15) is 5.75 Å². The maximum atomic E-state index is 12.8. The first-order chi connectivity index (χ1) is 15.9. The van der Waals surface area contributed by atoms with Crippen LogP contribution in [0.3, 0.4) is 0 Å². The van der Waals surface area contributed by atoms with E-state index in [1.165, 1.54) is 45.5 Å². The van der Waals surface area contributed by atoms with Crippen molar-refractivity contribution >= 4 is 23.4 Å². The summed E-state index contributed by atoms with van der Waals surface area (Å²) in [5, 5.41) is 2.47. The molecule has 0 aliphatic rings. The molecule has 3 amide bonds. The number of alkyl halides is 3. The second-order valence-corrected chi connectivity index (χ2v) is 6.75. The molecule has 2 rings (SSSR count). The molecule has 0 heterocycles. The van der Waals surface area contributed by atoms with Gasteiger partial charge in [0.05, 0.1) is 20.8 Å². The number of halogens is 3. The maximum absolute atomic E-state index is 12.8. The van der Waals surface area contributed by atoms with Crippen molar-refractivity contribution in [2.75, 3.05) is 39.7 Å². The van der Waals surface area contributed by atoms with Gasteiger partial charge >= 0.3 is 6.36 Å². The number of amides is 3. The van der Waals surface area contributed by atoms with E-state index in [2.05, 4.69) is 10.1 Å². The third kappa shape index (κ3) is 7.46. The third-order valence-electron chi connectivity index (χ3n) is 4.17. The second-order valence-electron chi connectivity index (χ2n) is 6.75. The van der Waals surface area contributed by atoms with Crippen molar-refractivity contribution in [2.24, 2.45) is 5.73 Å². The highest BCUT2D eigenvalue weighted by Crippen LogP contribution is 2.38. The van der Waals surface area contributed by atoms with Gasteiger partial charge in [-0.2, -0.15) is 0 Å². The summed E-state index contributed by atoms with van der Waals surface area (Å²) in [7, 11) is 4.02. The zero-order chi connectivity index (χ0) is 25.5. The Morgan fingerprint density at radius 3 is 2.06 bits per heavy atom. The highest BCUT2D eigenvalue weighted by molar-refractivity contribution is 6.00. The number of methoxy groups -OCH3 is 2. The lowest BCUT2D eigenvalue weighted by atomic mass is 10.1. The van der Waals surface area contributed by atoms with E-state index in [9.17, 15) is 27.6 Å². The molecule has 10 nitrogen and oxygen atoms in total. The minimum absolute atomic E-state index is 0.0682. The Hall–Kier alpha value is -4.16. The molecule has 184 valence electrons. The van der Waals surface area contributed by atoms with Crippen LogP contribution in [0.15, 0.2) is 36.4 Å². The number of nitrogens with one attached hydrogen (secondary N) is 1. The quantitative estimate of drug-likeness (QED) is 0.528. The molecule has 0 fully saturated rings. The number of carbonyl (C=O) groups is 3. The van der Waals surface area contributed by atoms with Crippen LogP contribution in [0.5, 0.6) is 23.0 Å². The highest BCUT2D eigenvalue weighted by Gasteiger charge is 2.31. The Morgan fingerprint density at radius 1 is 1.03 bits per heavy atom. The SMILES string of the molecule is COc1cc(C(=O)N(C)CC(=O)Nc2ccc(OC(F)(F)F)cc2)cc(OC)c1OCC(N)=O. The average Bonchev–Trinajstić information content (AvgIpc) is 2.76. The zero-order valence-electron chi connectivity index (χ0n) is 18.4. The maximum Gasteiger partial charge on any atom is 0.573 e. The van der Waals surface area contributed by atoms with E-state index in [1.54, 1.807) is 0 Å². The fourth-order valence-electron chi connectivity index (χ4n) is 2.74.